The van der Waals surface area contributed by atoms with Crippen molar-refractivity contribution in [3.8, 4) is 5.75 Å². The third kappa shape index (κ3) is 3.58. The highest BCUT2D eigenvalue weighted by Crippen LogP contribution is 2.29. The number of benzene rings is 1. The van der Waals surface area contributed by atoms with Gasteiger partial charge in [-0.15, -0.1) is 0 Å². The molecule has 1 amide bonds. The molecule has 1 aliphatic heterocycles. The Balaban J connectivity index is 1.59. The predicted molar refractivity (Wildman–Crippen MR) is 85.8 cm³/mol. The zero-order chi connectivity index (χ0) is 14.8. The van der Waals surface area contributed by atoms with Gasteiger partial charge in [0.1, 0.15) is 5.75 Å². The minimum Gasteiger partial charge on any atom is -0.496 e. The minimum absolute atomic E-state index is 0.0378. The molecule has 5 heteroatoms. The van der Waals surface area contributed by atoms with Crippen molar-refractivity contribution >= 4 is 21.8 Å². The maximum Gasteiger partial charge on any atom is 0.255 e. The first kappa shape index (κ1) is 14.9. The summed E-state index contributed by atoms with van der Waals surface area (Å²) in [7, 11) is 1.59. The van der Waals surface area contributed by atoms with Gasteiger partial charge in [0, 0.05) is 29.6 Å². The first-order chi connectivity index (χ1) is 10.2. The number of hydrogen-bond donors (Lipinski definition) is 1. The van der Waals surface area contributed by atoms with E-state index in [2.05, 4.69) is 26.1 Å². The second kappa shape index (κ2) is 6.36. The molecule has 1 saturated carbocycles. The number of rotatable bonds is 4. The number of carbonyl (C=O) groups is 1. The predicted octanol–water partition coefficient (Wildman–Crippen LogP) is 2.81. The van der Waals surface area contributed by atoms with Gasteiger partial charge in [0.25, 0.3) is 5.91 Å². The van der Waals surface area contributed by atoms with Crippen LogP contribution in [0.2, 0.25) is 0 Å². The van der Waals surface area contributed by atoms with Crippen LogP contribution in [0.25, 0.3) is 0 Å². The van der Waals surface area contributed by atoms with E-state index >= 15 is 0 Å². The van der Waals surface area contributed by atoms with Crippen molar-refractivity contribution < 1.29 is 9.53 Å². The molecule has 1 heterocycles. The van der Waals surface area contributed by atoms with E-state index < -0.39 is 0 Å². The van der Waals surface area contributed by atoms with E-state index in [1.165, 1.54) is 12.8 Å². The highest BCUT2D eigenvalue weighted by molar-refractivity contribution is 9.10. The number of nitrogens with zero attached hydrogens (tertiary/aromatic N) is 1. The monoisotopic (exact) mass is 352 g/mol. The maximum absolute atomic E-state index is 12.4. The SMILES string of the molecule is COc1cc(Br)ccc1C(=O)NC1CCN(C2CC2)CC1. The first-order valence-corrected chi connectivity index (χ1v) is 8.35. The first-order valence-electron chi connectivity index (χ1n) is 7.56. The van der Waals surface area contributed by atoms with Crippen LogP contribution in [0.5, 0.6) is 5.75 Å². The van der Waals surface area contributed by atoms with Gasteiger partial charge in [-0.3, -0.25) is 4.79 Å². The van der Waals surface area contributed by atoms with Gasteiger partial charge < -0.3 is 15.0 Å². The van der Waals surface area contributed by atoms with Crippen molar-refractivity contribution in [3.63, 3.8) is 0 Å². The van der Waals surface area contributed by atoms with E-state index in [4.69, 9.17) is 4.74 Å². The summed E-state index contributed by atoms with van der Waals surface area (Å²) >= 11 is 3.39. The van der Waals surface area contributed by atoms with Gasteiger partial charge in [-0.1, -0.05) is 15.9 Å². The molecule has 1 saturated heterocycles. The highest BCUT2D eigenvalue weighted by atomic mass is 79.9. The fourth-order valence-electron chi connectivity index (χ4n) is 2.96. The number of nitrogens with one attached hydrogen (secondary N) is 1. The van der Waals surface area contributed by atoms with E-state index in [1.807, 2.05) is 12.1 Å². The molecule has 0 bridgehead atoms. The average Bonchev–Trinajstić information content (AvgIpc) is 3.32. The fourth-order valence-corrected chi connectivity index (χ4v) is 3.30. The van der Waals surface area contributed by atoms with Crippen LogP contribution in [0.3, 0.4) is 0 Å². The Kier molecular flexibility index (Phi) is 4.50. The van der Waals surface area contributed by atoms with Crippen molar-refractivity contribution in [2.75, 3.05) is 20.2 Å². The Morgan fingerprint density at radius 2 is 2.00 bits per heavy atom. The van der Waals surface area contributed by atoms with E-state index in [-0.39, 0.29) is 11.9 Å². The molecule has 1 N–H and O–H groups in total. The van der Waals surface area contributed by atoms with Gasteiger partial charge in [-0.05, 0) is 43.9 Å². The van der Waals surface area contributed by atoms with E-state index in [0.29, 0.717) is 11.3 Å². The quantitative estimate of drug-likeness (QED) is 0.905. The van der Waals surface area contributed by atoms with Crippen LogP contribution in [0, 0.1) is 0 Å². The lowest BCUT2D eigenvalue weighted by atomic mass is 10.0. The van der Waals surface area contributed by atoms with Gasteiger partial charge in [0.15, 0.2) is 0 Å². The van der Waals surface area contributed by atoms with Crippen LogP contribution in [-0.2, 0) is 0 Å². The molecular formula is C16H21BrN2O2. The van der Waals surface area contributed by atoms with Crippen LogP contribution < -0.4 is 10.1 Å². The van der Waals surface area contributed by atoms with Crippen LogP contribution in [0.4, 0.5) is 0 Å². The Labute approximate surface area is 134 Å². The molecule has 2 aliphatic rings. The van der Waals surface area contributed by atoms with Crippen molar-refractivity contribution in [3.05, 3.63) is 28.2 Å². The molecule has 0 aromatic heterocycles. The molecule has 0 radical (unpaired) electrons. The van der Waals surface area contributed by atoms with E-state index in [1.54, 1.807) is 13.2 Å². The molecule has 1 aromatic rings. The zero-order valence-electron chi connectivity index (χ0n) is 12.3. The minimum atomic E-state index is -0.0378. The van der Waals surface area contributed by atoms with Gasteiger partial charge in [0.05, 0.1) is 12.7 Å². The molecule has 0 spiro atoms. The zero-order valence-corrected chi connectivity index (χ0v) is 13.9. The molecule has 1 aliphatic carbocycles. The number of methoxy groups -OCH3 is 1. The average molecular weight is 353 g/mol. The standard InChI is InChI=1S/C16H21BrN2O2/c1-21-15-10-11(17)2-5-14(15)16(20)18-12-6-8-19(9-7-12)13-3-4-13/h2,5,10,12-13H,3-4,6-9H2,1H3,(H,18,20). The topological polar surface area (TPSA) is 41.6 Å². The third-order valence-electron chi connectivity index (χ3n) is 4.34. The molecule has 0 unspecified atom stereocenters. The second-order valence-electron chi connectivity index (χ2n) is 5.86. The lowest BCUT2D eigenvalue weighted by molar-refractivity contribution is 0.0906. The summed E-state index contributed by atoms with van der Waals surface area (Å²) in [4.78, 5) is 15.0. The highest BCUT2D eigenvalue weighted by Gasteiger charge is 2.32. The summed E-state index contributed by atoms with van der Waals surface area (Å²) in [5.41, 5.74) is 0.602. The molecule has 0 atom stereocenters. The van der Waals surface area contributed by atoms with Crippen LogP contribution in [0.1, 0.15) is 36.0 Å². The third-order valence-corrected chi connectivity index (χ3v) is 4.83. The molecule has 1 aromatic carbocycles. The number of piperidine rings is 1. The Bertz CT molecular complexity index is 523. The Hall–Kier alpha value is -1.07. The molecule has 21 heavy (non-hydrogen) atoms. The maximum atomic E-state index is 12.4. The molecule has 2 fully saturated rings. The summed E-state index contributed by atoms with van der Waals surface area (Å²) in [6, 6.07) is 6.60. The van der Waals surface area contributed by atoms with E-state index in [9.17, 15) is 4.79 Å². The second-order valence-corrected chi connectivity index (χ2v) is 6.78. The van der Waals surface area contributed by atoms with Crippen LogP contribution in [0.15, 0.2) is 22.7 Å². The summed E-state index contributed by atoms with van der Waals surface area (Å²) in [6.07, 6.45) is 4.79. The number of halogens is 1. The molecule has 4 nitrogen and oxygen atoms in total. The van der Waals surface area contributed by atoms with Crippen molar-refractivity contribution in [2.45, 2.75) is 37.8 Å². The number of hydrogen-bond acceptors (Lipinski definition) is 3. The number of likely N-dealkylation sites (tertiary alicyclic amines) is 1. The summed E-state index contributed by atoms with van der Waals surface area (Å²) in [5.74, 6) is 0.571. The van der Waals surface area contributed by atoms with Crippen LogP contribution in [-0.4, -0.2) is 43.1 Å². The van der Waals surface area contributed by atoms with Crippen molar-refractivity contribution in [1.29, 1.82) is 0 Å². The van der Waals surface area contributed by atoms with Gasteiger partial charge in [-0.2, -0.15) is 0 Å². The lowest BCUT2D eigenvalue weighted by Crippen LogP contribution is -2.45. The Morgan fingerprint density at radius 1 is 1.29 bits per heavy atom. The smallest absolute Gasteiger partial charge is 0.255 e. The van der Waals surface area contributed by atoms with Crippen molar-refractivity contribution in [2.24, 2.45) is 0 Å². The lowest BCUT2D eigenvalue weighted by Gasteiger charge is -2.32. The number of amides is 1. The largest absolute Gasteiger partial charge is 0.496 e. The van der Waals surface area contributed by atoms with Gasteiger partial charge >= 0.3 is 0 Å². The van der Waals surface area contributed by atoms with Gasteiger partial charge in [-0.25, -0.2) is 0 Å². The number of ether oxygens (including phenoxy) is 1. The molecule has 3 rings (SSSR count). The van der Waals surface area contributed by atoms with Gasteiger partial charge in [0.2, 0.25) is 0 Å². The summed E-state index contributed by atoms with van der Waals surface area (Å²) in [5, 5.41) is 3.15. The summed E-state index contributed by atoms with van der Waals surface area (Å²) in [6.45, 7) is 2.21. The fraction of sp³-hybridized carbons (Fsp3) is 0.562. The Morgan fingerprint density at radius 3 is 2.62 bits per heavy atom. The van der Waals surface area contributed by atoms with E-state index in [0.717, 1.165) is 36.4 Å². The number of carbonyl (C=O) groups excluding carboxylic acids is 1. The van der Waals surface area contributed by atoms with Crippen molar-refractivity contribution in [1.82, 2.24) is 10.2 Å². The van der Waals surface area contributed by atoms with Crippen LogP contribution >= 0.6 is 15.9 Å². The summed E-state index contributed by atoms with van der Waals surface area (Å²) < 4.78 is 6.20. The normalized spacial score (nSPS) is 20.3. The molecule has 114 valence electrons. The molecular weight excluding hydrogens is 332 g/mol.